The molecule has 0 bridgehead atoms. The number of piperidine rings is 1. The van der Waals surface area contributed by atoms with Crippen LogP contribution in [0.4, 0.5) is 0 Å². The van der Waals surface area contributed by atoms with E-state index in [1.54, 1.807) is 0 Å². The van der Waals surface area contributed by atoms with Gasteiger partial charge in [0, 0.05) is 6.04 Å². The van der Waals surface area contributed by atoms with Gasteiger partial charge in [-0.1, -0.05) is 6.92 Å². The van der Waals surface area contributed by atoms with Crippen molar-refractivity contribution in [2.45, 2.75) is 39.2 Å². The average Bonchev–Trinajstić information content (AvgIpc) is 2.05. The first-order valence-electron chi connectivity index (χ1n) is 5.27. The quantitative estimate of drug-likeness (QED) is 0.623. The van der Waals surface area contributed by atoms with E-state index < -0.39 is 0 Å². The number of hydrogen-bond donors (Lipinski definition) is 2. The summed E-state index contributed by atoms with van der Waals surface area (Å²) in [5.41, 5.74) is 0. The topological polar surface area (TPSA) is 24.1 Å². The molecule has 1 fully saturated rings. The van der Waals surface area contributed by atoms with E-state index in [0.717, 1.165) is 12.0 Å². The van der Waals surface area contributed by atoms with Crippen LogP contribution in [0.15, 0.2) is 0 Å². The maximum Gasteiger partial charge on any atom is 0.00418 e. The molecule has 0 aliphatic carbocycles. The molecule has 1 aliphatic rings. The lowest BCUT2D eigenvalue weighted by Gasteiger charge is -2.28. The Hall–Kier alpha value is -0.0800. The minimum Gasteiger partial charge on any atom is -0.316 e. The molecule has 0 radical (unpaired) electrons. The predicted molar refractivity (Wildman–Crippen MR) is 53.3 cm³/mol. The molecule has 1 heterocycles. The second kappa shape index (κ2) is 5.55. The average molecular weight is 170 g/mol. The van der Waals surface area contributed by atoms with Crippen molar-refractivity contribution in [3.05, 3.63) is 0 Å². The molecule has 2 N–H and O–H groups in total. The van der Waals surface area contributed by atoms with Gasteiger partial charge in [0.2, 0.25) is 0 Å². The Morgan fingerprint density at radius 2 is 2.33 bits per heavy atom. The van der Waals surface area contributed by atoms with Crippen LogP contribution < -0.4 is 10.6 Å². The van der Waals surface area contributed by atoms with Gasteiger partial charge in [0.1, 0.15) is 0 Å². The van der Waals surface area contributed by atoms with E-state index in [0.29, 0.717) is 0 Å². The highest BCUT2D eigenvalue weighted by Crippen LogP contribution is 2.14. The van der Waals surface area contributed by atoms with Gasteiger partial charge in [0.15, 0.2) is 0 Å². The second-order valence-electron chi connectivity index (χ2n) is 3.95. The molecule has 0 aromatic carbocycles. The van der Waals surface area contributed by atoms with Crippen LogP contribution in [-0.4, -0.2) is 25.7 Å². The van der Waals surface area contributed by atoms with E-state index in [4.69, 9.17) is 0 Å². The van der Waals surface area contributed by atoms with Crippen molar-refractivity contribution in [3.63, 3.8) is 0 Å². The molecule has 12 heavy (non-hydrogen) atoms. The van der Waals surface area contributed by atoms with E-state index in [-0.39, 0.29) is 0 Å². The third-order valence-electron chi connectivity index (χ3n) is 2.59. The maximum atomic E-state index is 3.50. The number of rotatable bonds is 4. The summed E-state index contributed by atoms with van der Waals surface area (Å²) in [5, 5.41) is 6.97. The summed E-state index contributed by atoms with van der Waals surface area (Å²) in [5.74, 6) is 0.910. The molecule has 2 nitrogen and oxygen atoms in total. The molecule has 2 unspecified atom stereocenters. The lowest BCUT2D eigenvalue weighted by molar-refractivity contribution is 0.305. The van der Waals surface area contributed by atoms with Gasteiger partial charge in [-0.05, 0) is 51.7 Å². The van der Waals surface area contributed by atoms with Gasteiger partial charge in [-0.2, -0.15) is 0 Å². The summed E-state index contributed by atoms with van der Waals surface area (Å²) in [6.07, 6.45) is 3.94. The molecular weight excluding hydrogens is 148 g/mol. The van der Waals surface area contributed by atoms with Gasteiger partial charge < -0.3 is 10.6 Å². The van der Waals surface area contributed by atoms with Crippen molar-refractivity contribution in [2.75, 3.05) is 19.6 Å². The Morgan fingerprint density at radius 1 is 1.50 bits per heavy atom. The molecule has 0 aromatic heterocycles. The maximum absolute atomic E-state index is 3.50. The highest BCUT2D eigenvalue weighted by atomic mass is 14.9. The van der Waals surface area contributed by atoms with E-state index in [9.17, 15) is 0 Å². The zero-order chi connectivity index (χ0) is 8.81. The molecule has 0 amide bonds. The summed E-state index contributed by atoms with van der Waals surface area (Å²) in [6.45, 7) is 8.11. The second-order valence-corrected chi connectivity index (χ2v) is 3.95. The first kappa shape index (κ1) is 10.0. The van der Waals surface area contributed by atoms with Crippen LogP contribution in [0.3, 0.4) is 0 Å². The van der Waals surface area contributed by atoms with Crippen molar-refractivity contribution in [1.82, 2.24) is 10.6 Å². The number of hydrogen-bond acceptors (Lipinski definition) is 2. The van der Waals surface area contributed by atoms with E-state index in [1.165, 1.54) is 38.9 Å². The molecule has 1 aliphatic heterocycles. The van der Waals surface area contributed by atoms with Gasteiger partial charge >= 0.3 is 0 Å². The Bertz CT molecular complexity index is 114. The minimum absolute atomic E-state index is 0.729. The normalized spacial score (nSPS) is 30.5. The highest BCUT2D eigenvalue weighted by Gasteiger charge is 2.17. The van der Waals surface area contributed by atoms with E-state index >= 15 is 0 Å². The zero-order valence-electron chi connectivity index (χ0n) is 8.40. The molecule has 2 atom stereocenters. The summed E-state index contributed by atoms with van der Waals surface area (Å²) in [6, 6.07) is 0.729. The van der Waals surface area contributed by atoms with Crippen molar-refractivity contribution in [1.29, 1.82) is 0 Å². The van der Waals surface area contributed by atoms with E-state index in [2.05, 4.69) is 24.5 Å². The van der Waals surface area contributed by atoms with Gasteiger partial charge in [-0.3, -0.25) is 0 Å². The largest absolute Gasteiger partial charge is 0.316 e. The first-order chi connectivity index (χ1) is 5.83. The van der Waals surface area contributed by atoms with Gasteiger partial charge in [-0.25, -0.2) is 0 Å². The minimum atomic E-state index is 0.729. The smallest absolute Gasteiger partial charge is 0.00418 e. The summed E-state index contributed by atoms with van der Waals surface area (Å²) >= 11 is 0. The van der Waals surface area contributed by atoms with Crippen LogP contribution in [0.1, 0.15) is 33.1 Å². The first-order valence-corrected chi connectivity index (χ1v) is 5.27. The summed E-state index contributed by atoms with van der Waals surface area (Å²) in [4.78, 5) is 0. The Labute approximate surface area is 76.1 Å². The summed E-state index contributed by atoms with van der Waals surface area (Å²) in [7, 11) is 0. The van der Waals surface area contributed by atoms with Crippen LogP contribution in [0.2, 0.25) is 0 Å². The molecule has 1 rings (SSSR count). The molecule has 1 saturated heterocycles. The predicted octanol–water partition coefficient (Wildman–Crippen LogP) is 1.37. The monoisotopic (exact) mass is 170 g/mol. The van der Waals surface area contributed by atoms with Crippen molar-refractivity contribution < 1.29 is 0 Å². The fourth-order valence-electron chi connectivity index (χ4n) is 1.90. The van der Waals surface area contributed by atoms with Crippen LogP contribution >= 0.6 is 0 Å². The van der Waals surface area contributed by atoms with Crippen LogP contribution in [0.25, 0.3) is 0 Å². The van der Waals surface area contributed by atoms with Crippen molar-refractivity contribution in [2.24, 2.45) is 5.92 Å². The van der Waals surface area contributed by atoms with Crippen molar-refractivity contribution in [3.8, 4) is 0 Å². The lowest BCUT2D eigenvalue weighted by atomic mass is 9.93. The summed E-state index contributed by atoms with van der Waals surface area (Å²) < 4.78 is 0. The fraction of sp³-hybridized carbons (Fsp3) is 1.00. The Kier molecular flexibility index (Phi) is 4.62. The molecule has 0 spiro atoms. The SMILES string of the molecule is CCCNCC1CCNC(C)C1. The van der Waals surface area contributed by atoms with Crippen LogP contribution in [0.5, 0.6) is 0 Å². The van der Waals surface area contributed by atoms with Gasteiger partial charge in [0.05, 0.1) is 0 Å². The molecule has 72 valence electrons. The van der Waals surface area contributed by atoms with Crippen LogP contribution in [0, 0.1) is 5.92 Å². The molecule has 0 saturated carbocycles. The molecule has 2 heteroatoms. The Morgan fingerprint density at radius 3 is 3.00 bits per heavy atom. The van der Waals surface area contributed by atoms with E-state index in [1.807, 2.05) is 0 Å². The molecular formula is C10H22N2. The van der Waals surface area contributed by atoms with Crippen molar-refractivity contribution >= 4 is 0 Å². The molecule has 0 aromatic rings. The highest BCUT2D eigenvalue weighted by molar-refractivity contribution is 4.76. The standard InChI is InChI=1S/C10H22N2/c1-3-5-11-8-10-4-6-12-9(2)7-10/h9-12H,3-8H2,1-2H3. The fourth-order valence-corrected chi connectivity index (χ4v) is 1.90. The van der Waals surface area contributed by atoms with Gasteiger partial charge in [-0.15, -0.1) is 0 Å². The third kappa shape index (κ3) is 3.55. The third-order valence-corrected chi connectivity index (χ3v) is 2.59. The number of nitrogens with one attached hydrogen (secondary N) is 2. The zero-order valence-corrected chi connectivity index (χ0v) is 8.40. The van der Waals surface area contributed by atoms with Crippen LogP contribution in [-0.2, 0) is 0 Å². The van der Waals surface area contributed by atoms with Gasteiger partial charge in [0.25, 0.3) is 0 Å². The lowest BCUT2D eigenvalue weighted by Crippen LogP contribution is -2.39. The Balaban J connectivity index is 2.06.